The second kappa shape index (κ2) is 2.98. The van der Waals surface area contributed by atoms with Crippen molar-refractivity contribution in [2.24, 2.45) is 23.7 Å². The second-order valence-electron chi connectivity index (χ2n) is 5.53. The lowest BCUT2D eigenvalue weighted by atomic mass is 9.76. The zero-order valence-electron chi connectivity index (χ0n) is 8.63. The van der Waals surface area contributed by atoms with E-state index in [9.17, 15) is 0 Å². The van der Waals surface area contributed by atoms with E-state index >= 15 is 0 Å². The van der Waals surface area contributed by atoms with E-state index in [0.717, 1.165) is 29.7 Å². The minimum Gasteiger partial charge on any atom is -0.314 e. The van der Waals surface area contributed by atoms with Crippen LogP contribution in [0.3, 0.4) is 0 Å². The van der Waals surface area contributed by atoms with Crippen LogP contribution in [0.2, 0.25) is 0 Å². The van der Waals surface area contributed by atoms with E-state index in [1.54, 1.807) is 25.7 Å². The molecule has 1 N–H and O–H groups in total. The highest BCUT2D eigenvalue weighted by molar-refractivity contribution is 4.97. The summed E-state index contributed by atoms with van der Waals surface area (Å²) >= 11 is 0. The fraction of sp³-hybridized carbons (Fsp3) is 1.00. The normalized spacial score (nSPS) is 54.7. The maximum Gasteiger partial charge on any atom is 0.00702 e. The molecule has 0 aromatic heterocycles. The first kappa shape index (κ1) is 8.28. The van der Waals surface area contributed by atoms with E-state index in [2.05, 4.69) is 12.2 Å². The summed E-state index contributed by atoms with van der Waals surface area (Å²) in [6.07, 6.45) is 7.71. The molecule has 1 nitrogen and oxygen atoms in total. The van der Waals surface area contributed by atoms with Gasteiger partial charge in [-0.15, -0.1) is 0 Å². The van der Waals surface area contributed by atoms with Crippen LogP contribution in [0.25, 0.3) is 0 Å². The monoisotopic (exact) mass is 179 g/mol. The smallest absolute Gasteiger partial charge is 0.00702 e. The fourth-order valence-corrected chi connectivity index (χ4v) is 4.28. The minimum atomic E-state index is 0.810. The van der Waals surface area contributed by atoms with Crippen LogP contribution < -0.4 is 5.32 Å². The number of hydrogen-bond acceptors (Lipinski definition) is 1. The lowest BCUT2D eigenvalue weighted by Crippen LogP contribution is -2.30. The van der Waals surface area contributed by atoms with Crippen LogP contribution in [0.4, 0.5) is 0 Å². The van der Waals surface area contributed by atoms with Crippen LogP contribution in [0, 0.1) is 23.7 Å². The third-order valence-electron chi connectivity index (χ3n) is 4.93. The molecule has 13 heavy (non-hydrogen) atoms. The summed E-state index contributed by atoms with van der Waals surface area (Å²) < 4.78 is 0. The number of hydrogen-bond donors (Lipinski definition) is 1. The van der Waals surface area contributed by atoms with Crippen LogP contribution in [-0.2, 0) is 0 Å². The van der Waals surface area contributed by atoms with Gasteiger partial charge in [-0.25, -0.2) is 0 Å². The van der Waals surface area contributed by atoms with Gasteiger partial charge in [-0.3, -0.25) is 0 Å². The third kappa shape index (κ3) is 1.24. The molecular formula is C12H21N. The lowest BCUT2D eigenvalue weighted by molar-refractivity contribution is 0.215. The van der Waals surface area contributed by atoms with Crippen molar-refractivity contribution in [2.75, 3.05) is 6.54 Å². The maximum atomic E-state index is 3.61. The van der Waals surface area contributed by atoms with Crippen LogP contribution in [0.15, 0.2) is 0 Å². The van der Waals surface area contributed by atoms with Gasteiger partial charge in [0.25, 0.3) is 0 Å². The highest BCUT2D eigenvalue weighted by atomic mass is 14.9. The van der Waals surface area contributed by atoms with Gasteiger partial charge in [-0.05, 0) is 62.8 Å². The van der Waals surface area contributed by atoms with Crippen LogP contribution in [-0.4, -0.2) is 12.6 Å². The molecule has 1 saturated heterocycles. The SMILES string of the molecule is CC1NCCC1C1CC2CCC1C2. The predicted octanol–water partition coefficient (Wildman–Crippen LogP) is 2.42. The zero-order chi connectivity index (χ0) is 8.84. The third-order valence-corrected chi connectivity index (χ3v) is 4.93. The molecule has 1 heterocycles. The largest absolute Gasteiger partial charge is 0.314 e. The molecule has 3 aliphatic rings. The van der Waals surface area contributed by atoms with Crippen molar-refractivity contribution in [3.05, 3.63) is 0 Å². The van der Waals surface area contributed by atoms with Gasteiger partial charge in [0.1, 0.15) is 0 Å². The average molecular weight is 179 g/mol. The Morgan fingerprint density at radius 1 is 1.00 bits per heavy atom. The zero-order valence-corrected chi connectivity index (χ0v) is 8.63. The molecule has 0 spiro atoms. The number of rotatable bonds is 1. The highest BCUT2D eigenvalue weighted by Crippen LogP contribution is 2.52. The van der Waals surface area contributed by atoms with Crippen LogP contribution in [0.1, 0.15) is 39.0 Å². The van der Waals surface area contributed by atoms with Crippen molar-refractivity contribution >= 4 is 0 Å². The molecule has 5 atom stereocenters. The Morgan fingerprint density at radius 2 is 1.92 bits per heavy atom. The average Bonchev–Trinajstić information content (AvgIpc) is 2.77. The van der Waals surface area contributed by atoms with E-state index in [0.29, 0.717) is 0 Å². The summed E-state index contributed by atoms with van der Waals surface area (Å²) in [7, 11) is 0. The molecule has 5 unspecified atom stereocenters. The van der Waals surface area contributed by atoms with Gasteiger partial charge in [0, 0.05) is 6.04 Å². The van der Waals surface area contributed by atoms with Crippen molar-refractivity contribution in [1.29, 1.82) is 0 Å². The van der Waals surface area contributed by atoms with Gasteiger partial charge >= 0.3 is 0 Å². The molecule has 0 aromatic carbocycles. The molecule has 3 rings (SSSR count). The summed E-state index contributed by atoms with van der Waals surface area (Å²) in [6.45, 7) is 3.67. The molecule has 1 aliphatic heterocycles. The Morgan fingerprint density at radius 3 is 2.46 bits per heavy atom. The molecule has 3 fully saturated rings. The molecule has 2 aliphatic carbocycles. The first-order valence-electron chi connectivity index (χ1n) is 6.08. The Hall–Kier alpha value is -0.0400. The summed E-state index contributed by atoms with van der Waals surface area (Å²) in [5, 5.41) is 3.61. The van der Waals surface area contributed by atoms with Gasteiger partial charge in [-0.1, -0.05) is 6.42 Å². The van der Waals surface area contributed by atoms with Crippen molar-refractivity contribution < 1.29 is 0 Å². The minimum absolute atomic E-state index is 0.810. The number of nitrogens with one attached hydrogen (secondary N) is 1. The molecule has 2 saturated carbocycles. The Kier molecular flexibility index (Phi) is 1.90. The summed E-state index contributed by atoms with van der Waals surface area (Å²) in [6, 6.07) is 0.810. The molecule has 1 heteroatoms. The van der Waals surface area contributed by atoms with Gasteiger partial charge in [0.15, 0.2) is 0 Å². The molecule has 0 amide bonds. The number of fused-ring (bicyclic) bond motifs is 2. The second-order valence-corrected chi connectivity index (χ2v) is 5.53. The van der Waals surface area contributed by atoms with E-state index in [1.807, 2.05) is 0 Å². The van der Waals surface area contributed by atoms with E-state index in [-0.39, 0.29) is 0 Å². The Bertz CT molecular complexity index is 201. The quantitative estimate of drug-likeness (QED) is 0.652. The van der Waals surface area contributed by atoms with Crippen LogP contribution >= 0.6 is 0 Å². The standard InChI is InChI=1S/C12H21N/c1-8-11(4-5-13-8)12-7-9-2-3-10(12)6-9/h8-13H,2-7H2,1H3. The van der Waals surface area contributed by atoms with Crippen molar-refractivity contribution in [2.45, 2.75) is 45.1 Å². The van der Waals surface area contributed by atoms with Crippen molar-refractivity contribution in [3.63, 3.8) is 0 Å². The van der Waals surface area contributed by atoms with Crippen molar-refractivity contribution in [1.82, 2.24) is 5.32 Å². The fourth-order valence-electron chi connectivity index (χ4n) is 4.28. The molecular weight excluding hydrogens is 158 g/mol. The molecule has 2 bridgehead atoms. The first-order valence-corrected chi connectivity index (χ1v) is 6.08. The Balaban J connectivity index is 1.72. The predicted molar refractivity (Wildman–Crippen MR) is 54.5 cm³/mol. The highest BCUT2D eigenvalue weighted by Gasteiger charge is 2.45. The van der Waals surface area contributed by atoms with E-state index in [1.165, 1.54) is 13.0 Å². The molecule has 74 valence electrons. The summed E-state index contributed by atoms with van der Waals surface area (Å²) in [5.41, 5.74) is 0. The van der Waals surface area contributed by atoms with E-state index in [4.69, 9.17) is 0 Å². The van der Waals surface area contributed by atoms with Gasteiger partial charge in [0.05, 0.1) is 0 Å². The molecule has 0 radical (unpaired) electrons. The Labute approximate surface area is 81.3 Å². The topological polar surface area (TPSA) is 12.0 Å². The summed E-state index contributed by atoms with van der Waals surface area (Å²) in [4.78, 5) is 0. The van der Waals surface area contributed by atoms with E-state index < -0.39 is 0 Å². The lowest BCUT2D eigenvalue weighted by Gasteiger charge is -2.30. The summed E-state index contributed by atoms with van der Waals surface area (Å²) in [5.74, 6) is 4.37. The first-order chi connectivity index (χ1) is 6.34. The van der Waals surface area contributed by atoms with Crippen LogP contribution in [0.5, 0.6) is 0 Å². The van der Waals surface area contributed by atoms with Gasteiger partial charge in [-0.2, -0.15) is 0 Å². The van der Waals surface area contributed by atoms with Gasteiger partial charge < -0.3 is 5.32 Å². The van der Waals surface area contributed by atoms with Crippen molar-refractivity contribution in [3.8, 4) is 0 Å². The maximum absolute atomic E-state index is 3.61. The van der Waals surface area contributed by atoms with Gasteiger partial charge in [0.2, 0.25) is 0 Å². The molecule has 0 aromatic rings.